The number of aliphatic hydroxyl groups excluding tert-OH is 1. The molecule has 1 unspecified atom stereocenters. The van der Waals surface area contributed by atoms with Gasteiger partial charge >= 0.3 is 0 Å². The molecule has 0 spiro atoms. The molecule has 0 heterocycles. The molecular weight excluding hydrogens is 282 g/mol. The van der Waals surface area contributed by atoms with Crippen LogP contribution in [0, 0.1) is 6.92 Å². The number of ether oxygens (including phenoxy) is 2. The van der Waals surface area contributed by atoms with E-state index in [4.69, 9.17) is 21.1 Å². The molecule has 0 aliphatic carbocycles. The van der Waals surface area contributed by atoms with E-state index in [0.717, 1.165) is 5.56 Å². The van der Waals surface area contributed by atoms with E-state index < -0.39 is 6.10 Å². The van der Waals surface area contributed by atoms with Crippen LogP contribution in [0.1, 0.15) is 5.56 Å². The van der Waals surface area contributed by atoms with Gasteiger partial charge in [0.25, 0.3) is 5.91 Å². The molecule has 1 aromatic rings. The highest BCUT2D eigenvalue weighted by Crippen LogP contribution is 2.25. The van der Waals surface area contributed by atoms with Crippen molar-refractivity contribution in [1.82, 2.24) is 4.90 Å². The first-order chi connectivity index (χ1) is 9.43. The minimum Gasteiger partial charge on any atom is -0.482 e. The summed E-state index contributed by atoms with van der Waals surface area (Å²) < 4.78 is 10.2. The Balaban J connectivity index is 2.48. The van der Waals surface area contributed by atoms with E-state index >= 15 is 0 Å². The van der Waals surface area contributed by atoms with Crippen LogP contribution in [0.15, 0.2) is 18.2 Å². The Labute approximate surface area is 124 Å². The molecule has 0 aromatic heterocycles. The second-order valence-electron chi connectivity index (χ2n) is 4.61. The maximum atomic E-state index is 11.9. The number of halogens is 1. The number of hydrogen-bond donors (Lipinski definition) is 1. The van der Waals surface area contributed by atoms with E-state index in [9.17, 15) is 9.90 Å². The summed E-state index contributed by atoms with van der Waals surface area (Å²) >= 11 is 5.98. The predicted octanol–water partition coefficient (Wildman–Crippen LogP) is 1.49. The number of rotatable bonds is 7. The van der Waals surface area contributed by atoms with Gasteiger partial charge in [0.1, 0.15) is 5.75 Å². The minimum absolute atomic E-state index is 0.126. The topological polar surface area (TPSA) is 59.0 Å². The molecular formula is C14H20ClNO4. The van der Waals surface area contributed by atoms with Crippen LogP contribution in [-0.4, -0.2) is 55.9 Å². The van der Waals surface area contributed by atoms with Crippen LogP contribution >= 0.6 is 11.6 Å². The number of nitrogens with zero attached hydrogens (tertiary/aromatic N) is 1. The summed E-state index contributed by atoms with van der Waals surface area (Å²) in [5.74, 6) is 0.239. The normalized spacial score (nSPS) is 12.1. The Bertz CT molecular complexity index is 453. The molecule has 0 saturated heterocycles. The highest BCUT2D eigenvalue weighted by Gasteiger charge is 2.14. The summed E-state index contributed by atoms with van der Waals surface area (Å²) in [7, 11) is 3.09. The second-order valence-corrected chi connectivity index (χ2v) is 5.01. The van der Waals surface area contributed by atoms with E-state index in [2.05, 4.69) is 0 Å². The number of aliphatic hydroxyl groups is 1. The van der Waals surface area contributed by atoms with Crippen LogP contribution in [0.4, 0.5) is 0 Å². The largest absolute Gasteiger partial charge is 0.482 e. The quantitative estimate of drug-likeness (QED) is 0.829. The van der Waals surface area contributed by atoms with Crippen LogP contribution in [0.5, 0.6) is 5.75 Å². The van der Waals surface area contributed by atoms with Crippen molar-refractivity contribution in [2.45, 2.75) is 13.0 Å². The lowest BCUT2D eigenvalue weighted by molar-refractivity contribution is -0.133. The molecule has 1 amide bonds. The molecule has 0 aliphatic heterocycles. The molecule has 1 aromatic carbocycles. The average Bonchev–Trinajstić information content (AvgIpc) is 2.39. The fraction of sp³-hybridized carbons (Fsp3) is 0.500. The molecule has 6 heteroatoms. The Morgan fingerprint density at radius 3 is 2.85 bits per heavy atom. The highest BCUT2D eigenvalue weighted by atomic mass is 35.5. The van der Waals surface area contributed by atoms with Gasteiger partial charge in [0.2, 0.25) is 0 Å². The lowest BCUT2D eigenvalue weighted by Gasteiger charge is -2.20. The number of hydrogen-bond acceptors (Lipinski definition) is 4. The third kappa shape index (κ3) is 5.36. The van der Waals surface area contributed by atoms with Gasteiger partial charge in [-0.1, -0.05) is 17.7 Å². The van der Waals surface area contributed by atoms with Crippen LogP contribution in [0.25, 0.3) is 0 Å². The van der Waals surface area contributed by atoms with Crippen molar-refractivity contribution in [2.24, 2.45) is 0 Å². The van der Waals surface area contributed by atoms with Crippen molar-refractivity contribution < 1.29 is 19.4 Å². The molecule has 5 nitrogen and oxygen atoms in total. The Morgan fingerprint density at radius 1 is 1.50 bits per heavy atom. The molecule has 0 aliphatic rings. The van der Waals surface area contributed by atoms with E-state index in [1.54, 1.807) is 19.2 Å². The Morgan fingerprint density at radius 2 is 2.20 bits per heavy atom. The number of amides is 1. The van der Waals surface area contributed by atoms with Gasteiger partial charge in [0.15, 0.2) is 6.61 Å². The predicted molar refractivity (Wildman–Crippen MR) is 77.2 cm³/mol. The van der Waals surface area contributed by atoms with Crippen molar-refractivity contribution >= 4 is 17.5 Å². The molecule has 0 saturated carbocycles. The zero-order valence-corrected chi connectivity index (χ0v) is 12.7. The van der Waals surface area contributed by atoms with E-state index in [-0.39, 0.29) is 25.7 Å². The number of aryl methyl sites for hydroxylation is 1. The van der Waals surface area contributed by atoms with Crippen LogP contribution in [0.2, 0.25) is 5.02 Å². The van der Waals surface area contributed by atoms with Gasteiger partial charge in [-0.25, -0.2) is 0 Å². The van der Waals surface area contributed by atoms with E-state index in [0.29, 0.717) is 10.8 Å². The number of benzene rings is 1. The second kappa shape index (κ2) is 8.09. The van der Waals surface area contributed by atoms with E-state index in [1.165, 1.54) is 12.0 Å². The molecule has 112 valence electrons. The summed E-state index contributed by atoms with van der Waals surface area (Å²) in [6.45, 7) is 2.16. The van der Waals surface area contributed by atoms with Gasteiger partial charge < -0.3 is 19.5 Å². The third-order valence-corrected chi connectivity index (χ3v) is 3.02. The van der Waals surface area contributed by atoms with Crippen LogP contribution in [0.3, 0.4) is 0 Å². The van der Waals surface area contributed by atoms with Gasteiger partial charge in [-0.3, -0.25) is 4.79 Å². The number of methoxy groups -OCH3 is 1. The fourth-order valence-electron chi connectivity index (χ4n) is 1.63. The molecule has 0 radical (unpaired) electrons. The number of likely N-dealkylation sites (N-methyl/N-ethyl adjacent to an activating group) is 1. The van der Waals surface area contributed by atoms with Crippen molar-refractivity contribution in [2.75, 3.05) is 33.9 Å². The van der Waals surface area contributed by atoms with Crippen molar-refractivity contribution in [3.8, 4) is 5.75 Å². The van der Waals surface area contributed by atoms with Crippen LogP contribution < -0.4 is 4.74 Å². The highest BCUT2D eigenvalue weighted by molar-refractivity contribution is 6.32. The third-order valence-electron chi connectivity index (χ3n) is 2.71. The first-order valence-electron chi connectivity index (χ1n) is 6.24. The summed E-state index contributed by atoms with van der Waals surface area (Å²) in [4.78, 5) is 13.3. The lowest BCUT2D eigenvalue weighted by atomic mass is 10.2. The molecule has 1 N–H and O–H groups in total. The van der Waals surface area contributed by atoms with Gasteiger partial charge in [0.05, 0.1) is 17.7 Å². The fourth-order valence-corrected chi connectivity index (χ4v) is 1.81. The maximum absolute atomic E-state index is 11.9. The SMILES string of the molecule is COCC(O)CN(C)C(=O)COc1cc(C)ccc1Cl. The van der Waals surface area contributed by atoms with E-state index in [1.807, 2.05) is 13.0 Å². The standard InChI is InChI=1S/C14H20ClNO4/c1-10-4-5-12(15)13(6-10)20-9-14(18)16(2)7-11(17)8-19-3/h4-6,11,17H,7-9H2,1-3H3. The zero-order valence-electron chi connectivity index (χ0n) is 11.9. The van der Waals surface area contributed by atoms with Crippen molar-refractivity contribution in [3.05, 3.63) is 28.8 Å². The zero-order chi connectivity index (χ0) is 15.1. The molecule has 0 fully saturated rings. The summed E-state index contributed by atoms with van der Waals surface area (Å²) in [5.41, 5.74) is 1.00. The number of carbonyl (C=O) groups excluding carboxylic acids is 1. The monoisotopic (exact) mass is 301 g/mol. The van der Waals surface area contributed by atoms with Gasteiger partial charge in [-0.15, -0.1) is 0 Å². The van der Waals surface area contributed by atoms with Crippen molar-refractivity contribution in [1.29, 1.82) is 0 Å². The summed E-state index contributed by atoms with van der Waals surface area (Å²) in [6.07, 6.45) is -0.712. The lowest BCUT2D eigenvalue weighted by Crippen LogP contribution is -2.38. The number of carbonyl (C=O) groups is 1. The maximum Gasteiger partial charge on any atom is 0.260 e. The Hall–Kier alpha value is -1.30. The van der Waals surface area contributed by atoms with Crippen LogP contribution in [-0.2, 0) is 9.53 Å². The summed E-state index contributed by atoms with van der Waals surface area (Å²) in [5, 5.41) is 10.0. The Kier molecular flexibility index (Phi) is 6.78. The van der Waals surface area contributed by atoms with Gasteiger partial charge in [-0.2, -0.15) is 0 Å². The van der Waals surface area contributed by atoms with Gasteiger partial charge in [-0.05, 0) is 24.6 Å². The molecule has 0 bridgehead atoms. The smallest absolute Gasteiger partial charge is 0.260 e. The summed E-state index contributed by atoms with van der Waals surface area (Å²) in [6, 6.07) is 5.36. The average molecular weight is 302 g/mol. The minimum atomic E-state index is -0.712. The first-order valence-corrected chi connectivity index (χ1v) is 6.61. The first kappa shape index (κ1) is 16.8. The molecule has 1 rings (SSSR count). The van der Waals surface area contributed by atoms with Crippen molar-refractivity contribution in [3.63, 3.8) is 0 Å². The van der Waals surface area contributed by atoms with Gasteiger partial charge in [0, 0.05) is 20.7 Å². The molecule has 1 atom stereocenters. The molecule has 20 heavy (non-hydrogen) atoms.